The lowest BCUT2D eigenvalue weighted by molar-refractivity contribution is 0.0730. The van der Waals surface area contributed by atoms with Gasteiger partial charge in [-0.3, -0.25) is 4.98 Å². The molecule has 0 spiro atoms. The third-order valence-electron chi connectivity index (χ3n) is 4.16. The predicted octanol–water partition coefficient (Wildman–Crippen LogP) is 1.10. The van der Waals surface area contributed by atoms with Crippen molar-refractivity contribution in [2.24, 2.45) is 0 Å². The van der Waals surface area contributed by atoms with Crippen LogP contribution in [-0.2, 0) is 27.8 Å². The van der Waals surface area contributed by atoms with E-state index >= 15 is 0 Å². The smallest absolute Gasteiger partial charge is 0.315 e. The van der Waals surface area contributed by atoms with Gasteiger partial charge in [-0.15, -0.1) is 0 Å². The maximum absolute atomic E-state index is 12.9. The Morgan fingerprint density at radius 2 is 1.74 bits per heavy atom. The van der Waals surface area contributed by atoms with Crippen molar-refractivity contribution in [1.82, 2.24) is 19.9 Å². The number of carbonyl (C=O) groups excluding carboxylic acids is 1. The topological polar surface area (TPSA) is 101 Å². The highest BCUT2D eigenvalue weighted by atomic mass is 32.2. The van der Waals surface area contributed by atoms with E-state index in [1.165, 1.54) is 4.31 Å². The van der Waals surface area contributed by atoms with Gasteiger partial charge in [-0.25, -0.2) is 13.2 Å². The number of rotatable bonds is 6. The van der Waals surface area contributed by atoms with Crippen molar-refractivity contribution in [1.29, 1.82) is 0 Å². The minimum Gasteiger partial charge on any atom is -0.379 e. The highest BCUT2D eigenvalue weighted by molar-refractivity contribution is 7.89. The van der Waals surface area contributed by atoms with E-state index in [0.717, 1.165) is 5.69 Å². The van der Waals surface area contributed by atoms with E-state index < -0.39 is 10.0 Å². The van der Waals surface area contributed by atoms with Crippen molar-refractivity contribution >= 4 is 16.1 Å². The molecule has 0 unspecified atom stereocenters. The number of amides is 2. The molecule has 1 aliphatic heterocycles. The van der Waals surface area contributed by atoms with Gasteiger partial charge in [-0.05, 0) is 23.8 Å². The second-order valence-electron chi connectivity index (χ2n) is 5.98. The lowest BCUT2D eigenvalue weighted by Crippen LogP contribution is -2.41. The van der Waals surface area contributed by atoms with Crippen molar-refractivity contribution in [3.63, 3.8) is 0 Å². The van der Waals surface area contributed by atoms with Gasteiger partial charge < -0.3 is 15.4 Å². The molecule has 2 N–H and O–H groups in total. The van der Waals surface area contributed by atoms with E-state index in [2.05, 4.69) is 15.6 Å². The van der Waals surface area contributed by atoms with E-state index in [4.69, 9.17) is 4.74 Å². The normalized spacial score (nSPS) is 15.3. The maximum Gasteiger partial charge on any atom is 0.315 e. The van der Waals surface area contributed by atoms with Crippen LogP contribution in [0.4, 0.5) is 4.79 Å². The first-order valence-corrected chi connectivity index (χ1v) is 10.1. The maximum atomic E-state index is 12.9. The molecular weight excluding hydrogens is 368 g/mol. The fourth-order valence-electron chi connectivity index (χ4n) is 2.74. The highest BCUT2D eigenvalue weighted by Gasteiger charge is 2.28. The molecule has 3 rings (SSSR count). The summed E-state index contributed by atoms with van der Waals surface area (Å²) >= 11 is 0. The Kier molecular flexibility index (Phi) is 6.38. The molecule has 9 heteroatoms. The third-order valence-corrected chi connectivity index (χ3v) is 6.16. The number of morpholine rings is 1. The first kappa shape index (κ1) is 19.3. The van der Waals surface area contributed by atoms with Crippen LogP contribution in [0.25, 0.3) is 0 Å². The minimum absolute atomic E-state index is 0.105. The molecule has 0 aliphatic carbocycles. The summed E-state index contributed by atoms with van der Waals surface area (Å²) < 4.78 is 32.4. The highest BCUT2D eigenvalue weighted by Crippen LogP contribution is 2.21. The number of carbonyl (C=O) groups is 1. The van der Waals surface area contributed by atoms with E-state index in [1.54, 1.807) is 36.5 Å². The molecular formula is C18H22N4O4S. The molecule has 2 aromatic rings. The van der Waals surface area contributed by atoms with Crippen LogP contribution < -0.4 is 10.6 Å². The van der Waals surface area contributed by atoms with Gasteiger partial charge in [-0.2, -0.15) is 4.31 Å². The van der Waals surface area contributed by atoms with Crippen LogP contribution >= 0.6 is 0 Å². The lowest BCUT2D eigenvalue weighted by atomic mass is 10.2. The summed E-state index contributed by atoms with van der Waals surface area (Å²) in [6.45, 7) is 1.82. The summed E-state index contributed by atoms with van der Waals surface area (Å²) in [7, 11) is -3.62. The van der Waals surface area contributed by atoms with Gasteiger partial charge in [0.25, 0.3) is 0 Å². The van der Waals surface area contributed by atoms with E-state index in [1.807, 2.05) is 12.1 Å². The molecule has 8 nitrogen and oxygen atoms in total. The Morgan fingerprint density at radius 3 is 2.48 bits per heavy atom. The Morgan fingerprint density at radius 1 is 1.04 bits per heavy atom. The summed E-state index contributed by atoms with van der Waals surface area (Å²) in [6, 6.07) is 11.8. The number of hydrogen-bond donors (Lipinski definition) is 2. The first-order chi connectivity index (χ1) is 13.1. The zero-order chi connectivity index (χ0) is 19.1. The van der Waals surface area contributed by atoms with Gasteiger partial charge in [0.05, 0.1) is 30.3 Å². The molecule has 1 saturated heterocycles. The van der Waals surface area contributed by atoms with Crippen molar-refractivity contribution in [3.05, 3.63) is 59.9 Å². The van der Waals surface area contributed by atoms with Crippen LogP contribution in [0, 0.1) is 0 Å². The molecule has 2 amide bonds. The van der Waals surface area contributed by atoms with Crippen molar-refractivity contribution in [3.8, 4) is 0 Å². The number of pyridine rings is 1. The number of aromatic nitrogens is 1. The number of hydrogen-bond acceptors (Lipinski definition) is 5. The van der Waals surface area contributed by atoms with Crippen LogP contribution in [-0.4, -0.2) is 50.0 Å². The van der Waals surface area contributed by atoms with Crippen LogP contribution in [0.5, 0.6) is 0 Å². The molecule has 2 heterocycles. The van der Waals surface area contributed by atoms with Crippen LogP contribution in [0.2, 0.25) is 0 Å². The summed E-state index contributed by atoms with van der Waals surface area (Å²) in [4.78, 5) is 16.4. The standard InChI is InChI=1S/C18H22N4O4S/c23-18(21-14-16-6-3-4-8-19-16)20-13-15-5-1-2-7-17(15)27(24,25)22-9-11-26-12-10-22/h1-8H,9-14H2,(H2,20,21,23). The lowest BCUT2D eigenvalue weighted by Gasteiger charge is -2.27. The first-order valence-electron chi connectivity index (χ1n) is 8.65. The molecule has 0 bridgehead atoms. The Balaban J connectivity index is 1.63. The monoisotopic (exact) mass is 390 g/mol. The number of ether oxygens (including phenoxy) is 1. The second kappa shape index (κ2) is 8.94. The molecule has 144 valence electrons. The largest absolute Gasteiger partial charge is 0.379 e. The minimum atomic E-state index is -3.62. The number of nitrogens with one attached hydrogen (secondary N) is 2. The summed E-state index contributed by atoms with van der Waals surface area (Å²) in [6.07, 6.45) is 1.65. The quantitative estimate of drug-likeness (QED) is 0.769. The van der Waals surface area contributed by atoms with Crippen molar-refractivity contribution in [2.75, 3.05) is 26.3 Å². The zero-order valence-corrected chi connectivity index (χ0v) is 15.6. The summed E-state index contributed by atoms with van der Waals surface area (Å²) in [5.41, 5.74) is 1.28. The van der Waals surface area contributed by atoms with Crippen LogP contribution in [0.3, 0.4) is 0 Å². The van der Waals surface area contributed by atoms with E-state index in [9.17, 15) is 13.2 Å². The fourth-order valence-corrected chi connectivity index (χ4v) is 4.37. The number of benzene rings is 1. The van der Waals surface area contributed by atoms with Crippen molar-refractivity contribution < 1.29 is 17.9 Å². The van der Waals surface area contributed by atoms with E-state index in [-0.39, 0.29) is 17.5 Å². The molecule has 1 aliphatic rings. The molecule has 1 aromatic heterocycles. The van der Waals surface area contributed by atoms with E-state index in [0.29, 0.717) is 38.4 Å². The number of sulfonamides is 1. The average molecular weight is 390 g/mol. The van der Waals surface area contributed by atoms with Gasteiger partial charge in [0.2, 0.25) is 10.0 Å². The summed E-state index contributed by atoms with van der Waals surface area (Å²) in [5.74, 6) is 0. The summed E-state index contributed by atoms with van der Waals surface area (Å²) in [5, 5.41) is 5.40. The van der Waals surface area contributed by atoms with Gasteiger partial charge in [0.15, 0.2) is 0 Å². The Labute approximate surface area is 158 Å². The second-order valence-corrected chi connectivity index (χ2v) is 7.89. The van der Waals surface area contributed by atoms with Crippen LogP contribution in [0.1, 0.15) is 11.3 Å². The average Bonchev–Trinajstić information content (AvgIpc) is 2.72. The predicted molar refractivity (Wildman–Crippen MR) is 99.3 cm³/mol. The van der Waals surface area contributed by atoms with Crippen molar-refractivity contribution in [2.45, 2.75) is 18.0 Å². The number of nitrogens with zero attached hydrogens (tertiary/aromatic N) is 2. The third kappa shape index (κ3) is 5.03. The molecule has 0 atom stereocenters. The van der Waals surface area contributed by atoms with Gasteiger partial charge >= 0.3 is 6.03 Å². The van der Waals surface area contributed by atoms with Crippen LogP contribution in [0.15, 0.2) is 53.6 Å². The molecule has 0 saturated carbocycles. The number of urea groups is 1. The van der Waals surface area contributed by atoms with Gasteiger partial charge in [0.1, 0.15) is 0 Å². The molecule has 27 heavy (non-hydrogen) atoms. The molecule has 0 radical (unpaired) electrons. The SMILES string of the molecule is O=C(NCc1ccccn1)NCc1ccccc1S(=O)(=O)N1CCOCC1. The zero-order valence-electron chi connectivity index (χ0n) is 14.8. The Hall–Kier alpha value is -2.49. The van der Waals surface area contributed by atoms with Gasteiger partial charge in [-0.1, -0.05) is 24.3 Å². The Bertz CT molecular complexity index is 868. The molecule has 1 aromatic carbocycles. The fraction of sp³-hybridized carbons (Fsp3) is 0.333. The molecule has 1 fully saturated rings. The van der Waals surface area contributed by atoms with Gasteiger partial charge in [0, 0.05) is 25.8 Å².